The molecule has 0 aliphatic heterocycles. The van der Waals surface area contributed by atoms with E-state index in [9.17, 15) is 14.4 Å². The van der Waals surface area contributed by atoms with Crippen LogP contribution in [-0.2, 0) is 4.79 Å². The lowest BCUT2D eigenvalue weighted by Gasteiger charge is -2.06. The van der Waals surface area contributed by atoms with Crippen LogP contribution in [0.15, 0.2) is 22.7 Å². The van der Waals surface area contributed by atoms with Gasteiger partial charge < -0.3 is 10.4 Å². The lowest BCUT2D eigenvalue weighted by molar-refractivity contribution is -0.137. The third-order valence-corrected chi connectivity index (χ3v) is 4.79. The van der Waals surface area contributed by atoms with Gasteiger partial charge in [0, 0.05) is 6.42 Å². The number of carbonyl (C=O) groups excluding carboxylic acids is 2. The molecule has 1 heterocycles. The quantitative estimate of drug-likeness (QED) is 0.719. The molecule has 0 atom stereocenters. The summed E-state index contributed by atoms with van der Waals surface area (Å²) < 4.78 is 0.916. The van der Waals surface area contributed by atoms with Crippen molar-refractivity contribution in [3.05, 3.63) is 44.1 Å². The number of anilines is 1. The Kier molecular flexibility index (Phi) is 6.21. The predicted octanol–water partition coefficient (Wildman–Crippen LogP) is 4.02. The molecule has 1 aromatic carbocycles. The topological polar surface area (TPSA) is 101 Å². The summed E-state index contributed by atoms with van der Waals surface area (Å²) in [6.45, 7) is 1.86. The molecule has 25 heavy (non-hydrogen) atoms. The zero-order chi connectivity index (χ0) is 18.7. The first kappa shape index (κ1) is 19.4. The number of hydrogen-bond acceptors (Lipinski definition) is 4. The van der Waals surface area contributed by atoms with Crippen molar-refractivity contribution in [3.8, 4) is 0 Å². The summed E-state index contributed by atoms with van der Waals surface area (Å²) in [5.74, 6) is -2.38. The largest absolute Gasteiger partial charge is 0.481 e. The summed E-state index contributed by atoms with van der Waals surface area (Å²) >= 11 is 15.2. The number of carbonyl (C=O) groups is 3. The minimum absolute atomic E-state index is 0.115. The number of benzene rings is 1. The highest BCUT2D eigenvalue weighted by molar-refractivity contribution is 9.10. The molecule has 0 saturated carbocycles. The molecule has 0 bridgehead atoms. The van der Waals surface area contributed by atoms with E-state index in [0.717, 1.165) is 10.2 Å². The van der Waals surface area contributed by atoms with Gasteiger partial charge in [-0.25, -0.2) is 0 Å². The molecule has 10 heteroatoms. The molecule has 1 amide bonds. The Balaban J connectivity index is 2.24. The van der Waals surface area contributed by atoms with Gasteiger partial charge in [-0.2, -0.15) is 9.78 Å². The van der Waals surface area contributed by atoms with Gasteiger partial charge in [0.05, 0.1) is 21.6 Å². The van der Waals surface area contributed by atoms with Crippen LogP contribution < -0.4 is 5.32 Å². The van der Waals surface area contributed by atoms with Gasteiger partial charge in [-0.1, -0.05) is 29.3 Å². The van der Waals surface area contributed by atoms with Crippen LogP contribution >= 0.6 is 39.1 Å². The van der Waals surface area contributed by atoms with Gasteiger partial charge in [0.2, 0.25) is 5.91 Å². The maximum absolute atomic E-state index is 12.4. The molecular weight excluding hydrogens is 437 g/mol. The first-order valence-electron chi connectivity index (χ1n) is 6.97. The highest BCUT2D eigenvalue weighted by Crippen LogP contribution is 2.29. The lowest BCUT2D eigenvalue weighted by atomic mass is 10.2. The Morgan fingerprint density at radius 2 is 1.96 bits per heavy atom. The number of amides is 1. The SMILES string of the molecule is Cc1ccc(NC(=O)c2nn(C(=O)CCC(=O)O)c(Cl)c2Br)c(Cl)c1. The van der Waals surface area contributed by atoms with Gasteiger partial charge in [-0.15, -0.1) is 0 Å². The predicted molar refractivity (Wildman–Crippen MR) is 96.6 cm³/mol. The van der Waals surface area contributed by atoms with Crippen molar-refractivity contribution in [2.75, 3.05) is 5.32 Å². The standard InChI is InChI=1S/C15H12BrCl2N3O4/c1-7-2-3-9(8(17)6-7)19-15(25)13-12(16)14(18)21(20-13)10(22)4-5-11(23)24/h2-3,6H,4-5H2,1H3,(H,19,25)(H,23,24). The molecule has 2 N–H and O–H groups in total. The number of nitrogens with one attached hydrogen (secondary N) is 1. The number of rotatable bonds is 5. The Hall–Kier alpha value is -1.90. The second-order valence-electron chi connectivity index (χ2n) is 5.09. The van der Waals surface area contributed by atoms with Gasteiger partial charge in [0.15, 0.2) is 10.8 Å². The van der Waals surface area contributed by atoms with Crippen molar-refractivity contribution in [1.82, 2.24) is 9.78 Å². The van der Waals surface area contributed by atoms with E-state index < -0.39 is 17.8 Å². The van der Waals surface area contributed by atoms with Crippen molar-refractivity contribution in [1.29, 1.82) is 0 Å². The van der Waals surface area contributed by atoms with Crippen LogP contribution in [0.1, 0.15) is 33.7 Å². The fourth-order valence-corrected chi connectivity index (χ4v) is 2.84. The molecule has 0 aliphatic carbocycles. The van der Waals surface area contributed by atoms with Crippen LogP contribution in [0.4, 0.5) is 5.69 Å². The van der Waals surface area contributed by atoms with E-state index in [1.54, 1.807) is 18.2 Å². The fourth-order valence-electron chi connectivity index (χ4n) is 1.91. The zero-order valence-corrected chi connectivity index (χ0v) is 15.9. The summed E-state index contributed by atoms with van der Waals surface area (Å²) in [6.07, 6.45) is -0.666. The molecule has 1 aromatic heterocycles. The lowest BCUT2D eigenvalue weighted by Crippen LogP contribution is -2.17. The maximum atomic E-state index is 12.4. The summed E-state index contributed by atoms with van der Waals surface area (Å²) in [4.78, 5) is 34.9. The third kappa shape index (κ3) is 4.59. The summed E-state index contributed by atoms with van der Waals surface area (Å²) in [6, 6.07) is 5.10. The minimum atomic E-state index is -1.12. The highest BCUT2D eigenvalue weighted by Gasteiger charge is 2.24. The monoisotopic (exact) mass is 447 g/mol. The average Bonchev–Trinajstić information content (AvgIpc) is 2.84. The van der Waals surface area contributed by atoms with Gasteiger partial charge >= 0.3 is 5.97 Å². The van der Waals surface area contributed by atoms with Crippen LogP contribution in [0, 0.1) is 6.92 Å². The van der Waals surface area contributed by atoms with E-state index in [-0.39, 0.29) is 28.2 Å². The number of nitrogens with zero attached hydrogens (tertiary/aromatic N) is 2. The minimum Gasteiger partial charge on any atom is -0.481 e. The Morgan fingerprint density at radius 3 is 2.56 bits per heavy atom. The number of hydrogen-bond donors (Lipinski definition) is 2. The summed E-state index contributed by atoms with van der Waals surface area (Å²) in [5, 5.41) is 15.3. The molecule has 7 nitrogen and oxygen atoms in total. The molecule has 132 valence electrons. The Labute approximate surface area is 161 Å². The molecular formula is C15H12BrCl2N3O4. The van der Waals surface area contributed by atoms with E-state index in [0.29, 0.717) is 10.7 Å². The number of carboxylic acids is 1. The molecule has 0 unspecified atom stereocenters. The summed E-state index contributed by atoms with van der Waals surface area (Å²) in [5.41, 5.74) is 1.19. The third-order valence-electron chi connectivity index (χ3n) is 3.15. The smallest absolute Gasteiger partial charge is 0.303 e. The highest BCUT2D eigenvalue weighted by atomic mass is 79.9. The number of aromatic nitrogens is 2. The van der Waals surface area contributed by atoms with Gasteiger partial charge in [0.25, 0.3) is 5.91 Å². The molecule has 2 aromatic rings. The molecule has 0 spiro atoms. The molecule has 0 radical (unpaired) electrons. The van der Waals surface area contributed by atoms with Crippen molar-refractivity contribution in [2.45, 2.75) is 19.8 Å². The first-order chi connectivity index (χ1) is 11.7. The van der Waals surface area contributed by atoms with Crippen LogP contribution in [0.3, 0.4) is 0 Å². The van der Waals surface area contributed by atoms with Crippen molar-refractivity contribution in [3.63, 3.8) is 0 Å². The zero-order valence-electron chi connectivity index (χ0n) is 12.8. The molecule has 0 fully saturated rings. The Bertz CT molecular complexity index is 867. The van der Waals surface area contributed by atoms with Crippen LogP contribution in [0.2, 0.25) is 10.2 Å². The average molecular weight is 449 g/mol. The fraction of sp³-hybridized carbons (Fsp3) is 0.200. The van der Waals surface area contributed by atoms with E-state index in [1.165, 1.54) is 0 Å². The maximum Gasteiger partial charge on any atom is 0.303 e. The van der Waals surface area contributed by atoms with Gasteiger partial charge in [-0.3, -0.25) is 14.4 Å². The van der Waals surface area contributed by atoms with Crippen LogP contribution in [0.5, 0.6) is 0 Å². The van der Waals surface area contributed by atoms with E-state index >= 15 is 0 Å². The first-order valence-corrected chi connectivity index (χ1v) is 8.52. The number of aliphatic carboxylic acids is 1. The summed E-state index contributed by atoms with van der Waals surface area (Å²) in [7, 11) is 0. The number of halogens is 3. The van der Waals surface area contributed by atoms with E-state index in [1.807, 2.05) is 6.92 Å². The molecule has 0 saturated heterocycles. The van der Waals surface area contributed by atoms with Crippen LogP contribution in [0.25, 0.3) is 0 Å². The second kappa shape index (κ2) is 7.99. The Morgan fingerprint density at radius 1 is 1.28 bits per heavy atom. The normalized spacial score (nSPS) is 10.6. The van der Waals surface area contributed by atoms with Gasteiger partial charge in [0.1, 0.15) is 0 Å². The molecule has 0 aliphatic rings. The second-order valence-corrected chi connectivity index (χ2v) is 6.65. The van der Waals surface area contributed by atoms with Crippen molar-refractivity contribution in [2.24, 2.45) is 0 Å². The number of carboxylic acid groups (broad SMARTS) is 1. The van der Waals surface area contributed by atoms with E-state index in [4.69, 9.17) is 28.3 Å². The van der Waals surface area contributed by atoms with E-state index in [2.05, 4.69) is 26.3 Å². The van der Waals surface area contributed by atoms with Crippen LogP contribution in [-0.4, -0.2) is 32.7 Å². The molecule has 2 rings (SSSR count). The van der Waals surface area contributed by atoms with Crippen molar-refractivity contribution < 1.29 is 19.5 Å². The van der Waals surface area contributed by atoms with Crippen molar-refractivity contribution >= 4 is 62.6 Å². The van der Waals surface area contributed by atoms with Gasteiger partial charge in [-0.05, 0) is 40.5 Å². The number of aryl methyl sites for hydroxylation is 1.